The summed E-state index contributed by atoms with van der Waals surface area (Å²) in [6, 6.07) is 7.72. The van der Waals surface area contributed by atoms with Crippen molar-refractivity contribution in [3.63, 3.8) is 0 Å². The average molecular weight is 555 g/mol. The minimum absolute atomic E-state index is 0.0465. The summed E-state index contributed by atoms with van der Waals surface area (Å²) in [5.74, 6) is -1.93. The fraction of sp³-hybridized carbons (Fsp3) is 0.414. The maximum atomic E-state index is 15.0. The van der Waals surface area contributed by atoms with Crippen molar-refractivity contribution in [2.75, 3.05) is 36.5 Å². The Morgan fingerprint density at radius 2 is 1.90 bits per heavy atom. The van der Waals surface area contributed by atoms with Crippen molar-refractivity contribution < 1.29 is 22.7 Å². The number of benzene rings is 2. The second-order valence-corrected chi connectivity index (χ2v) is 10.4. The number of carbonyl (C=O) groups excluding carboxylic acids is 1. The van der Waals surface area contributed by atoms with Crippen molar-refractivity contribution >= 4 is 23.2 Å². The van der Waals surface area contributed by atoms with Crippen LogP contribution in [0.5, 0.6) is 5.75 Å². The van der Waals surface area contributed by atoms with E-state index >= 15 is 4.39 Å². The number of amides is 1. The standard InChI is InChI=1S/C29H33F3N6O2/c1-3-17(2)38-10-11-40-27-23(31)12-20(13-25(27)38)26-24(32)15-34-29(36-26)35-21-5-4-19(22(30)14-21)16-37-8-6-18(7-9-37)28(33)39/h4-5,12-15,17-18H,3,6-11,16H2,1-2H3,(H2,33,39)(H,34,35,36). The van der Waals surface area contributed by atoms with Gasteiger partial charge in [0.1, 0.15) is 18.1 Å². The number of nitrogens with zero attached hydrogens (tertiary/aromatic N) is 4. The lowest BCUT2D eigenvalue weighted by Crippen LogP contribution is -2.39. The van der Waals surface area contributed by atoms with E-state index in [1.165, 1.54) is 12.1 Å². The smallest absolute Gasteiger partial charge is 0.227 e. The number of likely N-dealkylation sites (tertiary alicyclic amines) is 1. The number of carbonyl (C=O) groups is 1. The third-order valence-corrected chi connectivity index (χ3v) is 7.75. The fourth-order valence-electron chi connectivity index (χ4n) is 5.25. The van der Waals surface area contributed by atoms with Crippen molar-refractivity contribution in [3.05, 3.63) is 59.5 Å². The highest BCUT2D eigenvalue weighted by Gasteiger charge is 2.27. The van der Waals surface area contributed by atoms with Crippen LogP contribution in [0.3, 0.4) is 0 Å². The number of halogens is 3. The molecule has 11 heteroatoms. The highest BCUT2D eigenvalue weighted by molar-refractivity contribution is 5.76. The lowest BCUT2D eigenvalue weighted by atomic mass is 9.96. The number of piperidine rings is 1. The molecular formula is C29H33F3N6O2. The van der Waals surface area contributed by atoms with Gasteiger partial charge in [-0.05, 0) is 63.5 Å². The number of aromatic nitrogens is 2. The zero-order chi connectivity index (χ0) is 28.4. The molecule has 1 amide bonds. The Balaban J connectivity index is 1.34. The monoisotopic (exact) mass is 554 g/mol. The van der Waals surface area contributed by atoms with E-state index in [0.717, 1.165) is 12.6 Å². The first kappa shape index (κ1) is 27.7. The molecule has 0 aliphatic carbocycles. The Kier molecular flexibility index (Phi) is 8.11. The van der Waals surface area contributed by atoms with E-state index in [2.05, 4.69) is 20.2 Å². The van der Waals surface area contributed by atoms with Gasteiger partial charge in [-0.25, -0.2) is 23.1 Å². The summed E-state index contributed by atoms with van der Waals surface area (Å²) in [6.45, 7) is 6.81. The zero-order valence-corrected chi connectivity index (χ0v) is 22.6. The fourth-order valence-corrected chi connectivity index (χ4v) is 5.25. The van der Waals surface area contributed by atoms with E-state index in [-0.39, 0.29) is 40.8 Å². The maximum absolute atomic E-state index is 15.0. The Morgan fingerprint density at radius 1 is 1.12 bits per heavy atom. The third-order valence-electron chi connectivity index (χ3n) is 7.75. The predicted molar refractivity (Wildman–Crippen MR) is 147 cm³/mol. The Bertz CT molecular complexity index is 1400. The van der Waals surface area contributed by atoms with Crippen LogP contribution in [0.4, 0.5) is 30.5 Å². The second-order valence-electron chi connectivity index (χ2n) is 10.4. The summed E-state index contributed by atoms with van der Waals surface area (Å²) in [5.41, 5.74) is 7.03. The van der Waals surface area contributed by atoms with E-state index in [9.17, 15) is 13.6 Å². The first-order chi connectivity index (χ1) is 19.2. The molecule has 0 bridgehead atoms. The molecule has 2 aliphatic heterocycles. The molecular weight excluding hydrogens is 521 g/mol. The van der Waals surface area contributed by atoms with Gasteiger partial charge in [0, 0.05) is 35.3 Å². The third kappa shape index (κ3) is 5.84. The van der Waals surface area contributed by atoms with E-state index in [4.69, 9.17) is 10.5 Å². The molecule has 0 saturated carbocycles. The Labute approximate surface area is 231 Å². The topological polar surface area (TPSA) is 96.6 Å². The quantitative estimate of drug-likeness (QED) is 0.405. The van der Waals surface area contributed by atoms with Crippen LogP contribution < -0.4 is 20.7 Å². The largest absolute Gasteiger partial charge is 0.486 e. The van der Waals surface area contributed by atoms with Gasteiger partial charge in [-0.3, -0.25) is 9.69 Å². The zero-order valence-electron chi connectivity index (χ0n) is 22.6. The molecule has 1 unspecified atom stereocenters. The molecule has 212 valence electrons. The number of anilines is 3. The molecule has 1 saturated heterocycles. The highest BCUT2D eigenvalue weighted by Crippen LogP contribution is 2.39. The maximum Gasteiger partial charge on any atom is 0.227 e. The molecule has 1 atom stereocenters. The molecule has 0 spiro atoms. The molecule has 3 heterocycles. The molecule has 8 nitrogen and oxygen atoms in total. The van der Waals surface area contributed by atoms with Crippen LogP contribution in [0, 0.1) is 23.4 Å². The van der Waals surface area contributed by atoms with Crippen LogP contribution in [0.15, 0.2) is 36.5 Å². The molecule has 40 heavy (non-hydrogen) atoms. The first-order valence-electron chi connectivity index (χ1n) is 13.6. The van der Waals surface area contributed by atoms with Crippen molar-refractivity contribution in [3.8, 4) is 17.0 Å². The van der Waals surface area contributed by atoms with E-state index in [1.54, 1.807) is 18.2 Å². The first-order valence-corrected chi connectivity index (χ1v) is 13.6. The van der Waals surface area contributed by atoms with Crippen LogP contribution in [0.1, 0.15) is 38.7 Å². The number of ether oxygens (including phenoxy) is 1. The van der Waals surface area contributed by atoms with Gasteiger partial charge >= 0.3 is 0 Å². The molecule has 2 aromatic carbocycles. The summed E-state index contributed by atoms with van der Waals surface area (Å²) < 4.78 is 50.5. The lowest BCUT2D eigenvalue weighted by Gasteiger charge is -2.36. The molecule has 2 aliphatic rings. The van der Waals surface area contributed by atoms with Crippen LogP contribution >= 0.6 is 0 Å². The molecule has 0 radical (unpaired) electrons. The van der Waals surface area contributed by atoms with Crippen molar-refractivity contribution in [1.82, 2.24) is 14.9 Å². The Hall–Kier alpha value is -3.86. The van der Waals surface area contributed by atoms with Gasteiger partial charge in [-0.1, -0.05) is 13.0 Å². The number of primary amides is 1. The minimum Gasteiger partial charge on any atom is -0.486 e. The summed E-state index contributed by atoms with van der Waals surface area (Å²) in [4.78, 5) is 23.8. The summed E-state index contributed by atoms with van der Waals surface area (Å²) in [5, 5.41) is 2.92. The highest BCUT2D eigenvalue weighted by atomic mass is 19.1. The molecule has 5 rings (SSSR count). The Morgan fingerprint density at radius 3 is 2.60 bits per heavy atom. The van der Waals surface area contributed by atoms with Crippen LogP contribution in [0.2, 0.25) is 0 Å². The average Bonchev–Trinajstić information content (AvgIpc) is 2.95. The van der Waals surface area contributed by atoms with E-state index < -0.39 is 17.5 Å². The van der Waals surface area contributed by atoms with Crippen LogP contribution in [0.25, 0.3) is 11.3 Å². The molecule has 1 aromatic heterocycles. The van der Waals surface area contributed by atoms with Gasteiger partial charge in [0.25, 0.3) is 0 Å². The molecule has 3 aromatic rings. The number of rotatable bonds is 8. The lowest BCUT2D eigenvalue weighted by molar-refractivity contribution is -0.123. The molecule has 3 N–H and O–H groups in total. The minimum atomic E-state index is -0.710. The number of hydrogen-bond donors (Lipinski definition) is 2. The number of nitrogens with one attached hydrogen (secondary N) is 1. The van der Waals surface area contributed by atoms with Gasteiger partial charge < -0.3 is 20.7 Å². The van der Waals surface area contributed by atoms with Gasteiger partial charge in [0.05, 0.1) is 18.4 Å². The SMILES string of the molecule is CCC(C)N1CCOc2c(F)cc(-c3nc(Nc4ccc(CN5CCC(C(N)=O)CC5)c(F)c4)ncc3F)cc21. The van der Waals surface area contributed by atoms with Crippen molar-refractivity contribution in [2.24, 2.45) is 11.7 Å². The van der Waals surface area contributed by atoms with Gasteiger partial charge in [-0.15, -0.1) is 0 Å². The van der Waals surface area contributed by atoms with Crippen LogP contribution in [-0.2, 0) is 11.3 Å². The van der Waals surface area contributed by atoms with Gasteiger partial charge in [0.15, 0.2) is 17.4 Å². The summed E-state index contributed by atoms with van der Waals surface area (Å²) >= 11 is 0. The predicted octanol–water partition coefficient (Wildman–Crippen LogP) is 5.00. The normalized spacial score (nSPS) is 16.8. The summed E-state index contributed by atoms with van der Waals surface area (Å²) in [6.07, 6.45) is 3.19. The van der Waals surface area contributed by atoms with Gasteiger partial charge in [-0.2, -0.15) is 0 Å². The number of fused-ring (bicyclic) bond motifs is 1. The van der Waals surface area contributed by atoms with E-state index in [0.29, 0.717) is 62.6 Å². The summed E-state index contributed by atoms with van der Waals surface area (Å²) in [7, 11) is 0. The van der Waals surface area contributed by atoms with Crippen molar-refractivity contribution in [1.29, 1.82) is 0 Å². The number of hydrogen-bond acceptors (Lipinski definition) is 7. The van der Waals surface area contributed by atoms with Crippen molar-refractivity contribution in [2.45, 2.75) is 45.7 Å². The van der Waals surface area contributed by atoms with Gasteiger partial charge in [0.2, 0.25) is 11.9 Å². The number of nitrogens with two attached hydrogens (primary N) is 1. The second kappa shape index (κ2) is 11.7. The van der Waals surface area contributed by atoms with Crippen LogP contribution in [-0.4, -0.2) is 53.1 Å². The van der Waals surface area contributed by atoms with E-state index in [1.807, 2.05) is 18.7 Å². The molecule has 1 fully saturated rings.